The first-order valence-electron chi connectivity index (χ1n) is 12.8. The molecule has 0 amide bonds. The fourth-order valence-corrected chi connectivity index (χ4v) is 10.2. The van der Waals surface area contributed by atoms with Gasteiger partial charge in [0.2, 0.25) is 0 Å². The molecule has 2 nitrogen and oxygen atoms in total. The van der Waals surface area contributed by atoms with Crippen LogP contribution in [-0.2, 0) is 20.4 Å². The Kier molecular flexibility index (Phi) is 21.6. The molecule has 44 heavy (non-hydrogen) atoms. The molecule has 0 aliphatic carbocycles. The van der Waals surface area contributed by atoms with Gasteiger partial charge in [-0.3, -0.25) is 0 Å². The minimum atomic E-state index is -6.00. The number of hydrogen-bond acceptors (Lipinski definition) is 0. The number of rotatable bonds is 8. The smallest absolute Gasteiger partial charge is 0.418 e. The van der Waals surface area contributed by atoms with Gasteiger partial charge in [-0.15, -0.1) is 0 Å². The van der Waals surface area contributed by atoms with E-state index in [2.05, 4.69) is 135 Å². The maximum atomic E-state index is 9.75. The maximum absolute atomic E-state index is 9.75. The summed E-state index contributed by atoms with van der Waals surface area (Å²) in [5, 5.41) is 5.92. The normalized spacial score (nSPS) is 12.1. The average Bonchev–Trinajstić information content (AvgIpc) is 2.90. The predicted octanol–water partition coefficient (Wildman–Crippen LogP) is 7.37. The molecule has 0 heterocycles. The van der Waals surface area contributed by atoms with Gasteiger partial charge in [0.15, 0.2) is 0 Å². The summed E-state index contributed by atoms with van der Waals surface area (Å²) in [6, 6.07) is 44.5. The summed E-state index contributed by atoms with van der Waals surface area (Å²) in [6.07, 6.45) is 1.21. The van der Waals surface area contributed by atoms with Crippen LogP contribution >= 0.6 is 15.8 Å². The van der Waals surface area contributed by atoms with E-state index >= 15 is 0 Å². The Balaban J connectivity index is 0. The van der Waals surface area contributed by atoms with Gasteiger partial charge in [-0.2, -0.15) is 0 Å². The van der Waals surface area contributed by atoms with Gasteiger partial charge in [-0.25, -0.2) is 0 Å². The molecule has 0 radical (unpaired) electrons. The third-order valence-electron chi connectivity index (χ3n) is 5.70. The van der Waals surface area contributed by atoms with Crippen molar-refractivity contribution >= 4 is 51.6 Å². The summed E-state index contributed by atoms with van der Waals surface area (Å²) >= 11 is 0. The van der Waals surface area contributed by atoms with E-state index in [1.807, 2.05) is 0 Å². The topological polar surface area (TPSA) is 63.0 Å². The average molecular weight is 757 g/mol. The zero-order chi connectivity index (χ0) is 30.5. The van der Waals surface area contributed by atoms with Crippen LogP contribution in [0.3, 0.4) is 0 Å². The first kappa shape index (κ1) is 44.0. The van der Waals surface area contributed by atoms with Crippen LogP contribution in [-0.4, -0.2) is 36.8 Å². The second kappa shape index (κ2) is 21.6. The van der Waals surface area contributed by atoms with Crippen LogP contribution in [0.25, 0.3) is 0 Å². The van der Waals surface area contributed by atoms with Crippen LogP contribution < -0.4 is 21.2 Å². The Labute approximate surface area is 269 Å². The van der Waals surface area contributed by atoms with Gasteiger partial charge >= 0.3 is 34.9 Å². The largest absolute Gasteiger partial charge is 2.00 e. The zero-order valence-corrected chi connectivity index (χ0v) is 27.1. The van der Waals surface area contributed by atoms with Gasteiger partial charge in [0.1, 0.15) is 0 Å². The molecule has 2 atom stereocenters. The number of hydrogen-bond donors (Lipinski definition) is 0. The summed E-state index contributed by atoms with van der Waals surface area (Å²) in [7, 11) is -12.8. The van der Waals surface area contributed by atoms with Gasteiger partial charge in [-0.1, -0.05) is 135 Å². The monoisotopic (exact) mass is 756 g/mol. The van der Waals surface area contributed by atoms with E-state index in [1.54, 1.807) is 0 Å². The van der Waals surface area contributed by atoms with Crippen LogP contribution in [0.2, 0.25) is 0 Å². The van der Waals surface area contributed by atoms with Gasteiger partial charge in [0.05, 0.1) is 0 Å². The molecular weight excluding hydrogens is 722 g/mol. The van der Waals surface area contributed by atoms with Crippen molar-refractivity contribution in [3.8, 4) is 0 Å². The predicted molar refractivity (Wildman–Crippen MR) is 169 cm³/mol. The minimum absolute atomic E-state index is 0. The summed E-state index contributed by atoms with van der Waals surface area (Å²) < 4.78 is 78.0. The van der Waals surface area contributed by atoms with Crippen molar-refractivity contribution in [2.24, 2.45) is 0 Å². The minimum Gasteiger partial charge on any atom is -0.418 e. The Morgan fingerprint density at radius 1 is 0.432 bits per heavy atom. The molecule has 0 saturated carbocycles. The van der Waals surface area contributed by atoms with E-state index in [-0.39, 0.29) is 31.4 Å². The molecule has 15 heteroatoms. The van der Waals surface area contributed by atoms with E-state index in [0.717, 1.165) is 0 Å². The van der Waals surface area contributed by atoms with Crippen LogP contribution in [0, 0.1) is 0 Å². The molecule has 4 rings (SSSR count). The fourth-order valence-electron chi connectivity index (χ4n) is 4.37. The molecule has 0 saturated heterocycles. The summed E-state index contributed by atoms with van der Waals surface area (Å²) in [5.41, 5.74) is 1.21. The molecule has 4 N–H and O–H groups in total. The molecule has 0 aliphatic heterocycles. The Hall–Kier alpha value is -2.11. The molecular formula is C29H34B2F8O2P2Pd. The van der Waals surface area contributed by atoms with Crippen LogP contribution in [0.4, 0.5) is 34.5 Å². The van der Waals surface area contributed by atoms with Crippen molar-refractivity contribution in [1.82, 2.24) is 0 Å². The van der Waals surface area contributed by atoms with Crippen LogP contribution in [0.1, 0.15) is 20.3 Å². The van der Waals surface area contributed by atoms with Crippen LogP contribution in [0.5, 0.6) is 0 Å². The SMILES string of the molecule is C[C@@H](C[C@H](C)P(c1ccccc1)c1ccccc1)P(c1ccccc1)c1ccccc1.F[B-](F)(F)F.F[B-](F)(F)F.O.O.[Pd+2]. The van der Waals surface area contributed by atoms with Gasteiger partial charge in [0.25, 0.3) is 0 Å². The quantitative estimate of drug-likeness (QED) is 0.103. The summed E-state index contributed by atoms with van der Waals surface area (Å²) in [4.78, 5) is 0. The zero-order valence-electron chi connectivity index (χ0n) is 23.8. The van der Waals surface area contributed by atoms with Crippen molar-refractivity contribution in [2.45, 2.75) is 31.6 Å². The third-order valence-corrected chi connectivity index (χ3v) is 11.3. The van der Waals surface area contributed by atoms with Gasteiger partial charge in [0, 0.05) is 0 Å². The maximum Gasteiger partial charge on any atom is 2.00 e. The van der Waals surface area contributed by atoms with E-state index in [4.69, 9.17) is 0 Å². The van der Waals surface area contributed by atoms with Gasteiger partial charge < -0.3 is 45.5 Å². The molecule has 0 aromatic heterocycles. The fraction of sp³-hybridized carbons (Fsp3) is 0.172. The molecule has 0 unspecified atom stereocenters. The molecule has 0 spiro atoms. The molecule has 4 aromatic carbocycles. The van der Waals surface area contributed by atoms with E-state index in [1.165, 1.54) is 27.6 Å². The van der Waals surface area contributed by atoms with Crippen molar-refractivity contribution < 1.29 is 65.9 Å². The first-order chi connectivity index (χ1) is 19.2. The number of halogens is 8. The standard InChI is InChI=1S/C29H30P2.2BF4.2H2O.Pd/c1-24(30(26-15-7-3-8-16-26)27-17-9-4-10-18-27)23-25(2)31(28-19-11-5-12-20-28)29-21-13-6-14-22-29;2*2-1(3,4)5;;;/h3-22,24-25H,23H2,1-2H3;;;2*1H2;/q;2*-1;;;+2/t24-,25-;;;;;/m0...../s1. The van der Waals surface area contributed by atoms with Crippen molar-refractivity contribution in [2.75, 3.05) is 0 Å². The molecule has 4 aromatic rings. The Morgan fingerprint density at radius 2 is 0.591 bits per heavy atom. The molecule has 0 fully saturated rings. The third kappa shape index (κ3) is 18.0. The molecule has 0 aliphatic rings. The first-order valence-corrected chi connectivity index (χ1v) is 15.6. The van der Waals surface area contributed by atoms with Crippen molar-refractivity contribution in [3.05, 3.63) is 121 Å². The number of benzene rings is 4. The summed E-state index contributed by atoms with van der Waals surface area (Å²) in [6.45, 7) is 4.93. The molecule has 0 bridgehead atoms. The van der Waals surface area contributed by atoms with E-state index in [9.17, 15) is 34.5 Å². The summed E-state index contributed by atoms with van der Waals surface area (Å²) in [5.74, 6) is 0. The van der Waals surface area contributed by atoms with Crippen molar-refractivity contribution in [3.63, 3.8) is 0 Å². The molecule has 244 valence electrons. The van der Waals surface area contributed by atoms with E-state index < -0.39 is 30.4 Å². The van der Waals surface area contributed by atoms with Crippen molar-refractivity contribution in [1.29, 1.82) is 0 Å². The second-order valence-corrected chi connectivity index (χ2v) is 14.3. The Morgan fingerprint density at radius 3 is 0.750 bits per heavy atom. The Bertz CT molecular complexity index is 1070. The van der Waals surface area contributed by atoms with Gasteiger partial charge in [-0.05, 0) is 54.8 Å². The second-order valence-electron chi connectivity index (χ2n) is 9.01. The van der Waals surface area contributed by atoms with E-state index in [0.29, 0.717) is 11.3 Å². The van der Waals surface area contributed by atoms with Crippen LogP contribution in [0.15, 0.2) is 121 Å².